The smallest absolute Gasteiger partial charge is 0.410 e. The van der Waals surface area contributed by atoms with Gasteiger partial charge in [-0.05, 0) is 140 Å². The van der Waals surface area contributed by atoms with Crippen LogP contribution in [0.15, 0.2) is 72.8 Å². The van der Waals surface area contributed by atoms with Crippen molar-refractivity contribution in [1.29, 1.82) is 0 Å². The number of nitrogens with zero attached hydrogens (tertiary/aromatic N) is 2. The van der Waals surface area contributed by atoms with E-state index in [-0.39, 0.29) is 76.2 Å². The standard InChI is InChI=1S/C67H93F2N6O17P/c1-41(46-22-25-49(26-23-46)67(68,69)93(85,91-39-89-62(83)65(7,8)9)92-40-90-63(84)66(10,11)12)33-55(78)71-52-27-24-47-16-13-17-48-35-53(75(57(47)48)60(52)81)59(80)72-51(28-29-54(70)77)43(3)88-37-45-20-18-44(19-21-45)15-14-30-86-31-32-87-38-56(79)73-58(64(4,5)6)61(82)74-36-50(76)34-42(74)2/h13,16-23,25-26,33,42-43,50-53,58,76H,14-15,24,27-32,34-40H2,1-12H3,(H2,70,77)(H,71,78)(H,72,80)(H,73,79)/b41-33+/t42-,43-,50-,51+,52+,53+,58-/m1/s1. The Kier molecular flexibility index (Phi) is 26.2. The molecule has 0 spiro atoms. The summed E-state index contributed by atoms with van der Waals surface area (Å²) in [5.74, 6) is -4.63. The lowest BCUT2D eigenvalue weighted by atomic mass is 9.85. The highest BCUT2D eigenvalue weighted by Gasteiger charge is 2.56. The van der Waals surface area contributed by atoms with Gasteiger partial charge in [-0.3, -0.25) is 56.9 Å². The summed E-state index contributed by atoms with van der Waals surface area (Å²) in [7, 11) is -5.61. The van der Waals surface area contributed by atoms with Crippen LogP contribution in [0.1, 0.15) is 149 Å². The Balaban J connectivity index is 1.01. The average Bonchev–Trinajstić information content (AvgIpc) is 1.69. The van der Waals surface area contributed by atoms with Crippen LogP contribution in [0.3, 0.4) is 0 Å². The molecule has 0 saturated carbocycles. The molecule has 6 rings (SSSR count). The maximum Gasteiger partial charge on any atom is 0.410 e. The van der Waals surface area contributed by atoms with E-state index in [0.29, 0.717) is 30.7 Å². The predicted molar refractivity (Wildman–Crippen MR) is 340 cm³/mol. The number of aryl methyl sites for hydroxylation is 2. The molecule has 3 aliphatic rings. The number of carbonyl (C=O) groups excluding carboxylic acids is 8. The molecule has 3 aromatic rings. The molecular formula is C67H93F2N6O17P. The SMILES string of the molecule is C/C(=C\C(=O)N[C@H]1CCc2cccc3c2N(C1=O)[C@H](C(=O)N[C@@H](CCC(N)=O)[C@@H](C)OCc1ccc(CCCOCCOCC(=O)N[C@H](C(=O)N2C[C@H](O)C[C@H]2C)C(C)(C)C)cc1)C3)c1ccc(C(F)(F)P(=O)(OCOC(=O)C(C)(C)C)OCOC(=O)C(C)(C)C)cc1. The number of benzene rings is 3. The van der Waals surface area contributed by atoms with Gasteiger partial charge in [0.25, 0.3) is 0 Å². The van der Waals surface area contributed by atoms with Crippen LogP contribution >= 0.6 is 7.60 Å². The average molecular weight is 1320 g/mol. The minimum Gasteiger partial charge on any atom is -0.438 e. The van der Waals surface area contributed by atoms with Gasteiger partial charge in [-0.25, -0.2) is 0 Å². The molecule has 3 aliphatic heterocycles. The number of likely N-dealkylation sites (tertiary alicyclic amines) is 1. The van der Waals surface area contributed by atoms with Gasteiger partial charge >= 0.3 is 25.2 Å². The van der Waals surface area contributed by atoms with Crippen LogP contribution in [0.4, 0.5) is 14.5 Å². The molecule has 0 aliphatic carbocycles. The third-order valence-electron chi connectivity index (χ3n) is 16.2. The van der Waals surface area contributed by atoms with Crippen LogP contribution in [0.25, 0.3) is 5.57 Å². The molecule has 0 aromatic heterocycles. The number of anilines is 1. The van der Waals surface area contributed by atoms with Crippen molar-refractivity contribution in [2.45, 2.75) is 189 Å². The summed E-state index contributed by atoms with van der Waals surface area (Å²) < 4.78 is 83.8. The van der Waals surface area contributed by atoms with Crippen molar-refractivity contribution in [2.75, 3.05) is 51.5 Å². The van der Waals surface area contributed by atoms with E-state index in [2.05, 4.69) is 16.0 Å². The Morgan fingerprint density at radius 2 is 1.42 bits per heavy atom. The first-order valence-electron chi connectivity index (χ1n) is 31.4. The van der Waals surface area contributed by atoms with E-state index in [1.54, 1.807) is 18.7 Å². The number of hydrogen-bond donors (Lipinski definition) is 5. The number of halogens is 2. The fraction of sp³-hybridized carbons (Fsp3) is 0.582. The minimum atomic E-state index is -5.61. The van der Waals surface area contributed by atoms with Crippen molar-refractivity contribution >= 4 is 66.2 Å². The van der Waals surface area contributed by atoms with Crippen molar-refractivity contribution in [3.63, 3.8) is 0 Å². The van der Waals surface area contributed by atoms with E-state index in [0.717, 1.165) is 47.2 Å². The first-order chi connectivity index (χ1) is 43.5. The largest absolute Gasteiger partial charge is 0.438 e. The van der Waals surface area contributed by atoms with E-state index in [4.69, 9.17) is 38.5 Å². The summed E-state index contributed by atoms with van der Waals surface area (Å²) in [5, 5.41) is 18.7. The maximum absolute atomic E-state index is 16.3. The molecule has 6 amide bonds. The summed E-state index contributed by atoms with van der Waals surface area (Å²) in [6.07, 6.45) is 2.71. The van der Waals surface area contributed by atoms with Gasteiger partial charge in [0.2, 0.25) is 49.0 Å². The third-order valence-corrected chi connectivity index (χ3v) is 18.0. The number of alkyl halides is 2. The second kappa shape index (κ2) is 32.4. The number of aliphatic hydroxyl groups excluding tert-OH is 1. The highest BCUT2D eigenvalue weighted by atomic mass is 31.2. The number of rotatable bonds is 31. The molecule has 1 saturated heterocycles. The fourth-order valence-electron chi connectivity index (χ4n) is 10.7. The van der Waals surface area contributed by atoms with Crippen LogP contribution in [-0.4, -0.2) is 146 Å². The molecule has 0 bridgehead atoms. The number of hydrogen-bond acceptors (Lipinski definition) is 17. The summed E-state index contributed by atoms with van der Waals surface area (Å²) in [5.41, 5.74) is 2.33. The lowest BCUT2D eigenvalue weighted by molar-refractivity contribution is -0.163. The van der Waals surface area contributed by atoms with Gasteiger partial charge in [-0.2, -0.15) is 8.78 Å². The van der Waals surface area contributed by atoms with Gasteiger partial charge < -0.3 is 55.4 Å². The summed E-state index contributed by atoms with van der Waals surface area (Å²) in [4.78, 5) is 109. The summed E-state index contributed by atoms with van der Waals surface area (Å²) >= 11 is 0. The monoisotopic (exact) mass is 1320 g/mol. The summed E-state index contributed by atoms with van der Waals surface area (Å²) in [6, 6.07) is 14.0. The van der Waals surface area contributed by atoms with E-state index in [1.165, 1.54) is 64.7 Å². The second-order valence-corrected chi connectivity index (χ2v) is 29.1. The molecular weight excluding hydrogens is 1230 g/mol. The lowest BCUT2D eigenvalue weighted by Crippen LogP contribution is -2.56. The first-order valence-corrected chi connectivity index (χ1v) is 32.9. The van der Waals surface area contributed by atoms with Crippen LogP contribution in [0, 0.1) is 16.2 Å². The zero-order valence-corrected chi connectivity index (χ0v) is 56.3. The van der Waals surface area contributed by atoms with E-state index < -0.39 is 127 Å². The van der Waals surface area contributed by atoms with Gasteiger partial charge in [-0.1, -0.05) is 87.5 Å². The van der Waals surface area contributed by atoms with Crippen LogP contribution in [0.5, 0.6) is 0 Å². The quantitative estimate of drug-likeness (QED) is 0.0136. The Bertz CT molecular complexity index is 3180. The molecule has 23 nitrogen and oxygen atoms in total. The fourth-order valence-corrected chi connectivity index (χ4v) is 12.0. The topological polar surface area (TPSA) is 307 Å². The number of β-amino-alcohol motifs (C(OH)–C–C–N with tert-alkyl or cyclic N) is 1. The van der Waals surface area contributed by atoms with Gasteiger partial charge in [0.05, 0.1) is 54.6 Å². The minimum absolute atomic E-state index is 0.0638. The number of para-hydroxylation sites is 1. The molecule has 26 heteroatoms. The van der Waals surface area contributed by atoms with E-state index in [9.17, 15) is 48.0 Å². The predicted octanol–water partition coefficient (Wildman–Crippen LogP) is 7.68. The normalized spacial score (nSPS) is 18.8. The Morgan fingerprint density at radius 3 is 2.00 bits per heavy atom. The van der Waals surface area contributed by atoms with Crippen LogP contribution in [-0.2, 0) is 107 Å². The van der Waals surface area contributed by atoms with Crippen molar-refractivity contribution in [1.82, 2.24) is 20.9 Å². The molecule has 1 fully saturated rings. The second-order valence-electron chi connectivity index (χ2n) is 27.1. The molecule has 93 heavy (non-hydrogen) atoms. The molecule has 3 aromatic carbocycles. The molecule has 3 heterocycles. The lowest BCUT2D eigenvalue weighted by Gasteiger charge is -2.35. The van der Waals surface area contributed by atoms with Gasteiger partial charge in [0.15, 0.2) is 0 Å². The Hall–Kier alpha value is -6.99. The van der Waals surface area contributed by atoms with Crippen molar-refractivity contribution < 1.29 is 89.5 Å². The van der Waals surface area contributed by atoms with E-state index >= 15 is 8.78 Å². The maximum atomic E-state index is 16.3. The van der Waals surface area contributed by atoms with Gasteiger partial charge in [0, 0.05) is 43.7 Å². The number of nitrogens with one attached hydrogen (secondary N) is 3. The van der Waals surface area contributed by atoms with E-state index in [1.807, 2.05) is 70.2 Å². The molecule has 512 valence electrons. The molecule has 7 atom stereocenters. The van der Waals surface area contributed by atoms with Crippen molar-refractivity contribution in [3.8, 4) is 0 Å². The molecule has 6 N–H and O–H groups in total. The first kappa shape index (κ1) is 75.0. The van der Waals surface area contributed by atoms with Crippen LogP contribution in [0.2, 0.25) is 0 Å². The van der Waals surface area contributed by atoms with Gasteiger partial charge in [0.1, 0.15) is 24.7 Å². The molecule has 0 unspecified atom stereocenters. The highest BCUT2D eigenvalue weighted by molar-refractivity contribution is 7.54. The van der Waals surface area contributed by atoms with Crippen molar-refractivity contribution in [3.05, 3.63) is 106 Å². The molecule has 0 radical (unpaired) electrons. The number of aliphatic hydroxyl groups is 1. The number of allylic oxidation sites excluding steroid dienone is 1. The van der Waals surface area contributed by atoms with Crippen LogP contribution < -0.4 is 26.6 Å². The van der Waals surface area contributed by atoms with Crippen molar-refractivity contribution in [2.24, 2.45) is 22.0 Å². The number of primary amides is 1. The summed E-state index contributed by atoms with van der Waals surface area (Å²) in [6.45, 7) is 18.6. The Morgan fingerprint density at radius 1 is 0.817 bits per heavy atom. The number of carbonyl (C=O) groups is 8. The zero-order chi connectivity index (χ0) is 68.8. The third kappa shape index (κ3) is 20.8. The number of amides is 6. The Labute approximate surface area is 543 Å². The zero-order valence-electron chi connectivity index (χ0n) is 55.4. The highest BCUT2D eigenvalue weighted by Crippen LogP contribution is 2.67. The van der Waals surface area contributed by atoms with Gasteiger partial charge in [-0.15, -0.1) is 0 Å². The number of esters is 2. The number of ether oxygens (including phenoxy) is 5. The number of nitrogens with two attached hydrogens (primary N) is 1.